The quantitative estimate of drug-likeness (QED) is 0.800. The Kier molecular flexibility index (Phi) is 4.14. The summed E-state index contributed by atoms with van der Waals surface area (Å²) in [5.41, 5.74) is 8.78. The lowest BCUT2D eigenvalue weighted by molar-refractivity contribution is -0.123. The van der Waals surface area contributed by atoms with Gasteiger partial charge in [-0.15, -0.1) is 11.3 Å². The number of nitrogens with one attached hydrogen (secondary N) is 1. The highest BCUT2D eigenvalue weighted by Gasteiger charge is 2.03. The van der Waals surface area contributed by atoms with Crippen molar-refractivity contribution in [2.24, 2.45) is 0 Å². The van der Waals surface area contributed by atoms with Gasteiger partial charge in [0.2, 0.25) is 0 Å². The molecule has 0 bridgehead atoms. The summed E-state index contributed by atoms with van der Waals surface area (Å²) in [7, 11) is 0. The summed E-state index contributed by atoms with van der Waals surface area (Å²) in [5.74, 6) is 0.393. The van der Waals surface area contributed by atoms with Crippen LogP contribution in [0.15, 0.2) is 35.2 Å². The van der Waals surface area contributed by atoms with Crippen molar-refractivity contribution in [1.82, 2.24) is 10.3 Å². The van der Waals surface area contributed by atoms with Crippen LogP contribution in [-0.4, -0.2) is 17.5 Å². The van der Waals surface area contributed by atoms with Gasteiger partial charge < -0.3 is 15.8 Å². The first-order valence-corrected chi connectivity index (χ1v) is 6.30. The third-order valence-electron chi connectivity index (χ3n) is 2.18. The Bertz CT molecular complexity index is 514. The largest absolute Gasteiger partial charge is 0.484 e. The molecule has 1 aromatic heterocycles. The van der Waals surface area contributed by atoms with E-state index in [1.54, 1.807) is 29.8 Å². The van der Waals surface area contributed by atoms with E-state index in [4.69, 9.17) is 10.5 Å². The van der Waals surface area contributed by atoms with Crippen molar-refractivity contribution in [3.05, 3.63) is 40.8 Å². The molecule has 0 saturated heterocycles. The van der Waals surface area contributed by atoms with Crippen LogP contribution in [0.1, 0.15) is 5.69 Å². The Morgan fingerprint density at radius 1 is 1.50 bits per heavy atom. The van der Waals surface area contributed by atoms with Crippen molar-refractivity contribution in [2.45, 2.75) is 6.54 Å². The number of nitrogen functional groups attached to an aromatic ring is 1. The fourth-order valence-electron chi connectivity index (χ4n) is 1.32. The average Bonchev–Trinajstić information content (AvgIpc) is 2.87. The van der Waals surface area contributed by atoms with Gasteiger partial charge in [0.15, 0.2) is 6.61 Å². The van der Waals surface area contributed by atoms with Crippen LogP contribution >= 0.6 is 11.3 Å². The number of rotatable bonds is 5. The van der Waals surface area contributed by atoms with Gasteiger partial charge in [0.25, 0.3) is 5.91 Å². The Morgan fingerprint density at radius 2 is 2.39 bits per heavy atom. The smallest absolute Gasteiger partial charge is 0.258 e. The van der Waals surface area contributed by atoms with Crippen LogP contribution in [-0.2, 0) is 11.3 Å². The first-order valence-electron chi connectivity index (χ1n) is 5.36. The Morgan fingerprint density at radius 3 is 3.11 bits per heavy atom. The van der Waals surface area contributed by atoms with Crippen molar-refractivity contribution in [3.8, 4) is 5.75 Å². The Labute approximate surface area is 109 Å². The van der Waals surface area contributed by atoms with E-state index in [2.05, 4.69) is 10.3 Å². The lowest BCUT2D eigenvalue weighted by Gasteiger charge is -2.07. The molecule has 0 spiro atoms. The molecule has 0 fully saturated rings. The van der Waals surface area contributed by atoms with Crippen molar-refractivity contribution in [2.75, 3.05) is 12.3 Å². The zero-order chi connectivity index (χ0) is 12.8. The summed E-state index contributed by atoms with van der Waals surface area (Å²) in [5, 5.41) is 4.61. The number of thiazole rings is 1. The molecule has 0 aliphatic carbocycles. The summed E-state index contributed by atoms with van der Waals surface area (Å²) < 4.78 is 5.31. The van der Waals surface area contributed by atoms with E-state index in [1.807, 2.05) is 5.38 Å². The van der Waals surface area contributed by atoms with Crippen LogP contribution in [0.3, 0.4) is 0 Å². The SMILES string of the molecule is Nc1cccc(OCC(=O)NCc2cscn2)c1. The molecular formula is C12H13N3O2S. The first-order chi connectivity index (χ1) is 8.74. The van der Waals surface area contributed by atoms with Gasteiger partial charge in [-0.25, -0.2) is 4.98 Å². The van der Waals surface area contributed by atoms with E-state index in [0.717, 1.165) is 5.69 Å². The molecule has 3 N–H and O–H groups in total. The Hall–Kier alpha value is -2.08. The van der Waals surface area contributed by atoms with E-state index in [-0.39, 0.29) is 12.5 Å². The highest BCUT2D eigenvalue weighted by atomic mass is 32.1. The highest BCUT2D eigenvalue weighted by Crippen LogP contribution is 2.13. The maximum Gasteiger partial charge on any atom is 0.258 e. The number of benzene rings is 1. The number of carbonyl (C=O) groups excluding carboxylic acids is 1. The molecule has 18 heavy (non-hydrogen) atoms. The molecular weight excluding hydrogens is 250 g/mol. The second kappa shape index (κ2) is 6.02. The minimum Gasteiger partial charge on any atom is -0.484 e. The van der Waals surface area contributed by atoms with Crippen LogP contribution in [0.4, 0.5) is 5.69 Å². The van der Waals surface area contributed by atoms with Gasteiger partial charge >= 0.3 is 0 Å². The van der Waals surface area contributed by atoms with Crippen molar-refractivity contribution in [3.63, 3.8) is 0 Å². The van der Waals surface area contributed by atoms with Gasteiger partial charge in [0.1, 0.15) is 5.75 Å². The van der Waals surface area contributed by atoms with Gasteiger partial charge in [-0.1, -0.05) is 6.07 Å². The molecule has 0 saturated carbocycles. The van der Waals surface area contributed by atoms with Crippen molar-refractivity contribution >= 4 is 22.9 Å². The van der Waals surface area contributed by atoms with E-state index < -0.39 is 0 Å². The molecule has 5 nitrogen and oxygen atoms in total. The summed E-state index contributed by atoms with van der Waals surface area (Å²) in [6.07, 6.45) is 0. The minimum absolute atomic E-state index is 0.0341. The molecule has 1 heterocycles. The molecule has 0 unspecified atom stereocenters. The molecule has 0 aliphatic rings. The number of nitrogens with two attached hydrogens (primary N) is 1. The summed E-state index contributed by atoms with van der Waals surface area (Å²) in [6, 6.07) is 6.96. The lowest BCUT2D eigenvalue weighted by Crippen LogP contribution is -2.28. The third-order valence-corrected chi connectivity index (χ3v) is 2.81. The predicted octanol–water partition coefficient (Wildman–Crippen LogP) is 1.42. The fraction of sp³-hybridized carbons (Fsp3) is 0.167. The van der Waals surface area contributed by atoms with E-state index >= 15 is 0 Å². The molecule has 0 atom stereocenters. The first kappa shape index (κ1) is 12.4. The van der Waals surface area contributed by atoms with E-state index in [9.17, 15) is 4.79 Å². The molecule has 2 rings (SSSR count). The van der Waals surface area contributed by atoms with Gasteiger partial charge in [-0.2, -0.15) is 0 Å². The molecule has 0 radical (unpaired) electrons. The summed E-state index contributed by atoms with van der Waals surface area (Å²) >= 11 is 1.50. The van der Waals surface area contributed by atoms with Gasteiger partial charge in [-0.05, 0) is 12.1 Å². The number of ether oxygens (including phenoxy) is 1. The number of carbonyl (C=O) groups is 1. The third kappa shape index (κ3) is 3.74. The normalized spacial score (nSPS) is 10.0. The second-order valence-corrected chi connectivity index (χ2v) is 4.34. The number of anilines is 1. The zero-order valence-corrected chi connectivity index (χ0v) is 10.4. The highest BCUT2D eigenvalue weighted by molar-refractivity contribution is 7.07. The number of hydrogen-bond acceptors (Lipinski definition) is 5. The number of amides is 1. The summed E-state index contributed by atoms with van der Waals surface area (Å²) in [6.45, 7) is 0.385. The zero-order valence-electron chi connectivity index (χ0n) is 9.63. The van der Waals surface area contributed by atoms with Crippen molar-refractivity contribution in [1.29, 1.82) is 0 Å². The molecule has 0 aliphatic heterocycles. The topological polar surface area (TPSA) is 77.2 Å². The van der Waals surface area contributed by atoms with Crippen LogP contribution in [0, 0.1) is 0 Å². The maximum absolute atomic E-state index is 11.5. The predicted molar refractivity (Wildman–Crippen MR) is 70.3 cm³/mol. The number of aromatic nitrogens is 1. The van der Waals surface area contributed by atoms with Gasteiger partial charge in [0.05, 0.1) is 17.7 Å². The maximum atomic E-state index is 11.5. The molecule has 2 aromatic rings. The second-order valence-electron chi connectivity index (χ2n) is 3.62. The minimum atomic E-state index is -0.189. The summed E-state index contributed by atoms with van der Waals surface area (Å²) in [4.78, 5) is 15.6. The monoisotopic (exact) mass is 263 g/mol. The lowest BCUT2D eigenvalue weighted by atomic mass is 10.3. The van der Waals surface area contributed by atoms with Crippen LogP contribution in [0.2, 0.25) is 0 Å². The van der Waals surface area contributed by atoms with E-state index in [0.29, 0.717) is 18.0 Å². The van der Waals surface area contributed by atoms with Crippen molar-refractivity contribution < 1.29 is 9.53 Å². The van der Waals surface area contributed by atoms with E-state index in [1.165, 1.54) is 11.3 Å². The standard InChI is InChI=1S/C12H13N3O2S/c13-9-2-1-3-11(4-9)17-6-12(16)14-5-10-7-18-8-15-10/h1-4,7-8H,5-6,13H2,(H,14,16). The van der Waals surface area contributed by atoms with Crippen LogP contribution in [0.5, 0.6) is 5.75 Å². The fourth-order valence-corrected chi connectivity index (χ4v) is 1.88. The molecule has 94 valence electrons. The Balaban J connectivity index is 1.75. The van der Waals surface area contributed by atoms with Gasteiger partial charge in [0, 0.05) is 17.1 Å². The van der Waals surface area contributed by atoms with Crippen LogP contribution < -0.4 is 15.8 Å². The van der Waals surface area contributed by atoms with Gasteiger partial charge in [-0.3, -0.25) is 4.79 Å². The molecule has 1 amide bonds. The number of hydrogen-bond donors (Lipinski definition) is 2. The molecule has 6 heteroatoms. The molecule has 1 aromatic carbocycles. The van der Waals surface area contributed by atoms with Crippen LogP contribution in [0.25, 0.3) is 0 Å². The number of nitrogens with zero attached hydrogens (tertiary/aromatic N) is 1. The average molecular weight is 263 g/mol.